The highest BCUT2D eigenvalue weighted by Crippen LogP contribution is 2.31. The Hall–Kier alpha value is -3.50. The maximum Gasteiger partial charge on any atom is 0.307 e. The Morgan fingerprint density at radius 2 is 1.81 bits per heavy atom. The first-order chi connectivity index (χ1) is 12.8. The minimum absolute atomic E-state index is 0.174. The quantitative estimate of drug-likeness (QED) is 0.386. The standard InChI is InChI=1S/C16H10F4N4O3/c17-10-2-1-3-11(18)15(10)16-12(23-7-9(6-21-23)24(26)27)4-5-14(25)22(16)8-13(19)20/h1-7,13H,8H2. The van der Waals surface area contributed by atoms with Crippen LogP contribution in [-0.2, 0) is 6.54 Å². The maximum absolute atomic E-state index is 14.3. The lowest BCUT2D eigenvalue weighted by Gasteiger charge is -2.17. The Bertz CT molecular complexity index is 1060. The molecule has 0 radical (unpaired) electrons. The normalized spacial score (nSPS) is 11.1. The number of pyridine rings is 1. The van der Waals surface area contributed by atoms with Crippen LogP contribution < -0.4 is 5.56 Å². The van der Waals surface area contributed by atoms with Crippen LogP contribution in [0.1, 0.15) is 0 Å². The van der Waals surface area contributed by atoms with Crippen LogP contribution in [0.2, 0.25) is 0 Å². The molecular weight excluding hydrogens is 372 g/mol. The number of hydrogen-bond donors (Lipinski definition) is 0. The summed E-state index contributed by atoms with van der Waals surface area (Å²) in [5.41, 5.74) is -2.74. The number of hydrogen-bond acceptors (Lipinski definition) is 4. The highest BCUT2D eigenvalue weighted by atomic mass is 19.3. The number of aromatic nitrogens is 3. The first-order valence-electron chi connectivity index (χ1n) is 7.45. The second-order valence-electron chi connectivity index (χ2n) is 5.40. The Balaban J connectivity index is 2.37. The lowest BCUT2D eigenvalue weighted by atomic mass is 10.1. The van der Waals surface area contributed by atoms with Crippen molar-refractivity contribution in [3.05, 3.63) is 74.8 Å². The van der Waals surface area contributed by atoms with Crippen LogP contribution in [0.4, 0.5) is 23.2 Å². The van der Waals surface area contributed by atoms with Gasteiger partial charge >= 0.3 is 5.69 Å². The van der Waals surface area contributed by atoms with Gasteiger partial charge in [0.05, 0.1) is 28.4 Å². The summed E-state index contributed by atoms with van der Waals surface area (Å²) in [4.78, 5) is 22.2. The second-order valence-corrected chi connectivity index (χ2v) is 5.40. The van der Waals surface area contributed by atoms with Gasteiger partial charge in [0, 0.05) is 6.07 Å². The van der Waals surface area contributed by atoms with Crippen molar-refractivity contribution in [3.8, 4) is 16.9 Å². The fourth-order valence-corrected chi connectivity index (χ4v) is 2.60. The zero-order chi connectivity index (χ0) is 19.7. The van der Waals surface area contributed by atoms with Gasteiger partial charge in [-0.15, -0.1) is 0 Å². The molecular formula is C16H10F4N4O3. The monoisotopic (exact) mass is 382 g/mol. The molecule has 3 rings (SSSR count). The molecule has 0 saturated heterocycles. The number of benzene rings is 1. The van der Waals surface area contributed by atoms with Gasteiger partial charge in [-0.25, -0.2) is 22.2 Å². The van der Waals surface area contributed by atoms with Crippen LogP contribution in [0.3, 0.4) is 0 Å². The fraction of sp³-hybridized carbons (Fsp3) is 0.125. The second kappa shape index (κ2) is 7.02. The molecule has 2 heterocycles. The molecule has 0 aliphatic carbocycles. The van der Waals surface area contributed by atoms with E-state index in [1.165, 1.54) is 0 Å². The van der Waals surface area contributed by atoms with Crippen molar-refractivity contribution >= 4 is 5.69 Å². The molecule has 1 aromatic carbocycles. The Labute approximate surface area is 148 Å². The predicted molar refractivity (Wildman–Crippen MR) is 85.8 cm³/mol. The molecule has 7 nitrogen and oxygen atoms in total. The van der Waals surface area contributed by atoms with Crippen molar-refractivity contribution in [3.63, 3.8) is 0 Å². The summed E-state index contributed by atoms with van der Waals surface area (Å²) in [6, 6.07) is 4.89. The molecule has 2 aromatic heterocycles. The molecule has 0 bridgehead atoms. The molecule has 0 unspecified atom stereocenters. The van der Waals surface area contributed by atoms with Gasteiger partial charge in [-0.05, 0) is 18.2 Å². The topological polar surface area (TPSA) is 83.0 Å². The zero-order valence-electron chi connectivity index (χ0n) is 13.4. The van der Waals surface area contributed by atoms with Crippen LogP contribution in [0.25, 0.3) is 16.9 Å². The lowest BCUT2D eigenvalue weighted by molar-refractivity contribution is -0.384. The Morgan fingerprint density at radius 1 is 1.15 bits per heavy atom. The number of alkyl halides is 2. The van der Waals surface area contributed by atoms with Crippen LogP contribution in [0, 0.1) is 21.7 Å². The van der Waals surface area contributed by atoms with Crippen LogP contribution in [-0.4, -0.2) is 25.7 Å². The molecule has 0 aliphatic heterocycles. The minimum Gasteiger partial charge on any atom is -0.300 e. The van der Waals surface area contributed by atoms with E-state index in [9.17, 15) is 32.5 Å². The molecule has 11 heteroatoms. The first-order valence-corrected chi connectivity index (χ1v) is 7.45. The van der Waals surface area contributed by atoms with E-state index in [1.54, 1.807) is 0 Å². The number of nitrogens with zero attached hydrogens (tertiary/aromatic N) is 4. The van der Waals surface area contributed by atoms with E-state index in [0.717, 1.165) is 47.4 Å². The highest BCUT2D eigenvalue weighted by Gasteiger charge is 2.23. The summed E-state index contributed by atoms with van der Waals surface area (Å²) in [5, 5.41) is 14.6. The molecule has 27 heavy (non-hydrogen) atoms. The predicted octanol–water partition coefficient (Wildman–Crippen LogP) is 3.15. The van der Waals surface area contributed by atoms with E-state index in [1.807, 2.05) is 0 Å². The molecule has 0 fully saturated rings. The molecule has 0 saturated carbocycles. The maximum atomic E-state index is 14.3. The van der Waals surface area contributed by atoms with Gasteiger partial charge in [-0.3, -0.25) is 14.9 Å². The molecule has 0 aliphatic rings. The SMILES string of the molecule is O=c1ccc(-n2cc([N+](=O)[O-])cn2)c(-c2c(F)cccc2F)n1CC(F)F. The van der Waals surface area contributed by atoms with Gasteiger partial charge in [0.25, 0.3) is 12.0 Å². The third-order valence-corrected chi connectivity index (χ3v) is 3.71. The van der Waals surface area contributed by atoms with Crippen molar-refractivity contribution in [2.24, 2.45) is 0 Å². The molecule has 0 N–H and O–H groups in total. The van der Waals surface area contributed by atoms with E-state index in [4.69, 9.17) is 0 Å². The average Bonchev–Trinajstić information content (AvgIpc) is 3.07. The lowest BCUT2D eigenvalue weighted by Crippen LogP contribution is -2.26. The summed E-state index contributed by atoms with van der Waals surface area (Å²) in [6.45, 7) is -1.13. The van der Waals surface area contributed by atoms with Gasteiger partial charge in [-0.1, -0.05) is 6.07 Å². The van der Waals surface area contributed by atoms with Gasteiger partial charge in [0.1, 0.15) is 24.0 Å². The van der Waals surface area contributed by atoms with Gasteiger partial charge in [-0.2, -0.15) is 5.10 Å². The van der Waals surface area contributed by atoms with Crippen molar-refractivity contribution in [1.29, 1.82) is 0 Å². The summed E-state index contributed by atoms with van der Waals surface area (Å²) >= 11 is 0. The Morgan fingerprint density at radius 3 is 2.37 bits per heavy atom. The average molecular weight is 382 g/mol. The third-order valence-electron chi connectivity index (χ3n) is 3.71. The van der Waals surface area contributed by atoms with E-state index >= 15 is 0 Å². The molecule has 140 valence electrons. The van der Waals surface area contributed by atoms with Crippen LogP contribution in [0.15, 0.2) is 47.5 Å². The van der Waals surface area contributed by atoms with Gasteiger partial charge in [0.2, 0.25) is 0 Å². The van der Waals surface area contributed by atoms with Gasteiger partial charge in [0.15, 0.2) is 0 Å². The number of nitro groups is 1. The summed E-state index contributed by atoms with van der Waals surface area (Å²) in [7, 11) is 0. The Kier molecular flexibility index (Phi) is 4.75. The van der Waals surface area contributed by atoms with Crippen molar-refractivity contribution in [2.45, 2.75) is 13.0 Å². The summed E-state index contributed by atoms with van der Waals surface area (Å²) in [6.07, 6.45) is -1.17. The summed E-state index contributed by atoms with van der Waals surface area (Å²) < 4.78 is 56.0. The van der Waals surface area contributed by atoms with Crippen molar-refractivity contribution < 1.29 is 22.5 Å². The van der Waals surface area contributed by atoms with E-state index < -0.39 is 52.0 Å². The van der Waals surface area contributed by atoms with Gasteiger partial charge < -0.3 is 4.57 Å². The zero-order valence-corrected chi connectivity index (χ0v) is 13.4. The number of halogens is 4. The molecule has 3 aromatic rings. The highest BCUT2D eigenvalue weighted by molar-refractivity contribution is 5.70. The van der Waals surface area contributed by atoms with E-state index in [0.29, 0.717) is 4.57 Å². The van der Waals surface area contributed by atoms with Crippen LogP contribution >= 0.6 is 0 Å². The van der Waals surface area contributed by atoms with E-state index in [2.05, 4.69) is 5.10 Å². The fourth-order valence-electron chi connectivity index (χ4n) is 2.60. The first kappa shape index (κ1) is 18.3. The third kappa shape index (κ3) is 3.43. The summed E-state index contributed by atoms with van der Waals surface area (Å²) in [5.74, 6) is -2.18. The van der Waals surface area contributed by atoms with Crippen molar-refractivity contribution in [1.82, 2.24) is 14.3 Å². The molecule has 0 amide bonds. The van der Waals surface area contributed by atoms with Crippen LogP contribution in [0.5, 0.6) is 0 Å². The van der Waals surface area contributed by atoms with E-state index in [-0.39, 0.29) is 5.69 Å². The molecule has 0 atom stereocenters. The van der Waals surface area contributed by atoms with Crippen molar-refractivity contribution in [2.75, 3.05) is 0 Å². The minimum atomic E-state index is -2.99. The largest absolute Gasteiger partial charge is 0.307 e. The molecule has 0 spiro atoms. The smallest absolute Gasteiger partial charge is 0.300 e. The number of rotatable bonds is 5.